The molecule has 3 aromatic rings. The van der Waals surface area contributed by atoms with Gasteiger partial charge in [-0.25, -0.2) is 19.7 Å². The van der Waals surface area contributed by atoms with Gasteiger partial charge in [-0.1, -0.05) is 6.07 Å². The Kier molecular flexibility index (Phi) is 5.15. The van der Waals surface area contributed by atoms with Crippen LogP contribution in [-0.4, -0.2) is 49.7 Å². The number of rotatable bonds is 5. The van der Waals surface area contributed by atoms with Gasteiger partial charge in [0, 0.05) is 43.1 Å². The molecule has 1 saturated heterocycles. The van der Waals surface area contributed by atoms with Crippen LogP contribution in [0, 0.1) is 5.92 Å². The van der Waals surface area contributed by atoms with Crippen LogP contribution in [0.25, 0.3) is 11.3 Å². The van der Waals surface area contributed by atoms with Crippen molar-refractivity contribution >= 4 is 17.9 Å². The smallest absolute Gasteiger partial charge is 0.416 e. The van der Waals surface area contributed by atoms with Gasteiger partial charge in [0.2, 0.25) is 5.95 Å². The normalized spacial score (nSPS) is 23.0. The summed E-state index contributed by atoms with van der Waals surface area (Å²) in [6, 6.07) is 5.56. The van der Waals surface area contributed by atoms with Crippen LogP contribution >= 0.6 is 0 Å². The van der Waals surface area contributed by atoms with Crippen LogP contribution in [0.2, 0.25) is 0 Å². The second kappa shape index (κ2) is 8.25. The first kappa shape index (κ1) is 19.3. The average molecular weight is 417 g/mol. The van der Waals surface area contributed by atoms with Crippen LogP contribution in [0.5, 0.6) is 0 Å². The van der Waals surface area contributed by atoms with Gasteiger partial charge in [-0.3, -0.25) is 14.9 Å². The van der Waals surface area contributed by atoms with Crippen molar-refractivity contribution in [1.82, 2.24) is 24.9 Å². The summed E-state index contributed by atoms with van der Waals surface area (Å²) in [7, 11) is 0. The third-order valence-corrected chi connectivity index (χ3v) is 5.97. The first-order valence-electron chi connectivity index (χ1n) is 10.4. The second-order valence-corrected chi connectivity index (χ2v) is 8.04. The van der Waals surface area contributed by atoms with Crippen LogP contribution in [0.15, 0.2) is 55.4 Å². The summed E-state index contributed by atoms with van der Waals surface area (Å²) >= 11 is 0. The molecule has 3 aromatic heterocycles. The molecule has 9 nitrogen and oxygen atoms in total. The van der Waals surface area contributed by atoms with E-state index in [2.05, 4.69) is 30.2 Å². The Morgan fingerprint density at radius 2 is 1.87 bits per heavy atom. The predicted molar refractivity (Wildman–Crippen MR) is 114 cm³/mol. The van der Waals surface area contributed by atoms with E-state index in [4.69, 9.17) is 4.74 Å². The van der Waals surface area contributed by atoms with Gasteiger partial charge in [0.25, 0.3) is 0 Å². The summed E-state index contributed by atoms with van der Waals surface area (Å²) < 4.78 is 5.81. The number of pyridine rings is 1. The minimum Gasteiger partial charge on any atom is -0.441 e. The third-order valence-electron chi connectivity index (χ3n) is 5.97. The minimum atomic E-state index is -0.403. The molecular formula is C22H23N7O2. The number of anilines is 2. The van der Waals surface area contributed by atoms with Crippen LogP contribution in [-0.2, 0) is 4.74 Å². The highest BCUT2D eigenvalue weighted by atomic mass is 16.6. The molecule has 1 saturated carbocycles. The highest BCUT2D eigenvalue weighted by molar-refractivity contribution is 5.89. The summed E-state index contributed by atoms with van der Waals surface area (Å²) in [6.07, 6.45) is 13.5. The molecule has 158 valence electrons. The van der Waals surface area contributed by atoms with Gasteiger partial charge in [-0.15, -0.1) is 0 Å². The van der Waals surface area contributed by atoms with Crippen molar-refractivity contribution in [3.63, 3.8) is 0 Å². The molecule has 1 amide bonds. The lowest BCUT2D eigenvalue weighted by Crippen LogP contribution is -2.39. The molecule has 5 rings (SSSR count). The fourth-order valence-corrected chi connectivity index (χ4v) is 4.22. The molecule has 4 heterocycles. The van der Waals surface area contributed by atoms with E-state index in [1.807, 2.05) is 18.2 Å². The molecule has 2 fully saturated rings. The van der Waals surface area contributed by atoms with Gasteiger partial charge in [-0.05, 0) is 43.7 Å². The van der Waals surface area contributed by atoms with E-state index < -0.39 is 5.60 Å². The van der Waals surface area contributed by atoms with Crippen molar-refractivity contribution in [2.75, 3.05) is 23.3 Å². The summed E-state index contributed by atoms with van der Waals surface area (Å²) in [5.74, 6) is 1.73. The molecule has 1 N–H and O–H groups in total. The van der Waals surface area contributed by atoms with Crippen LogP contribution < -0.4 is 10.2 Å². The molecule has 0 aromatic carbocycles. The predicted octanol–water partition coefficient (Wildman–Crippen LogP) is 3.33. The zero-order chi connectivity index (χ0) is 21.1. The lowest BCUT2D eigenvalue weighted by molar-refractivity contribution is 0.0148. The van der Waals surface area contributed by atoms with E-state index >= 15 is 0 Å². The second-order valence-electron chi connectivity index (χ2n) is 8.04. The molecule has 0 atom stereocenters. The van der Waals surface area contributed by atoms with Gasteiger partial charge in [0.05, 0.1) is 18.4 Å². The lowest BCUT2D eigenvalue weighted by Gasteiger charge is -2.35. The van der Waals surface area contributed by atoms with Crippen molar-refractivity contribution in [2.45, 2.75) is 31.3 Å². The summed E-state index contributed by atoms with van der Waals surface area (Å²) in [5.41, 5.74) is 1.18. The number of carbonyl (C=O) groups is 1. The first-order valence-corrected chi connectivity index (χ1v) is 10.4. The monoisotopic (exact) mass is 417 g/mol. The Balaban J connectivity index is 1.14. The van der Waals surface area contributed by atoms with E-state index in [0.717, 1.165) is 43.5 Å². The topological polar surface area (TPSA) is 106 Å². The van der Waals surface area contributed by atoms with Gasteiger partial charge >= 0.3 is 6.09 Å². The number of carbonyl (C=O) groups excluding carboxylic acids is 1. The average Bonchev–Trinajstić information content (AvgIpc) is 3.16. The number of hydrogen-bond acceptors (Lipinski definition) is 8. The Morgan fingerprint density at radius 3 is 2.58 bits per heavy atom. The van der Waals surface area contributed by atoms with Gasteiger partial charge in [-0.2, -0.15) is 0 Å². The maximum Gasteiger partial charge on any atom is 0.416 e. The fourth-order valence-electron chi connectivity index (χ4n) is 4.22. The maximum atomic E-state index is 12.4. The Hall–Kier alpha value is -3.62. The van der Waals surface area contributed by atoms with Crippen molar-refractivity contribution in [3.8, 4) is 11.3 Å². The Bertz CT molecular complexity index is 1020. The quantitative estimate of drug-likeness (QED) is 0.674. The Morgan fingerprint density at radius 1 is 1.03 bits per heavy atom. The standard InChI is InChI=1S/C22H23N7O2/c30-21-29(19-3-1-2-8-25-19)15-22(31-21)6-4-16(5-7-22)11-26-20-27-12-17(13-28-20)18-14-23-9-10-24-18/h1-3,8-10,12-14,16H,4-7,11,15H2,(H,26,27,28)/t16-,22-. The van der Waals surface area contributed by atoms with E-state index in [9.17, 15) is 4.79 Å². The summed E-state index contributed by atoms with van der Waals surface area (Å²) in [5, 5.41) is 3.33. The zero-order valence-electron chi connectivity index (χ0n) is 17.0. The molecule has 0 unspecified atom stereocenters. The molecular weight excluding hydrogens is 394 g/mol. The fraction of sp³-hybridized carbons (Fsp3) is 0.364. The highest BCUT2D eigenvalue weighted by Crippen LogP contribution is 2.40. The minimum absolute atomic E-state index is 0.299. The van der Waals surface area contributed by atoms with Crippen LogP contribution in [0.3, 0.4) is 0 Å². The molecule has 0 radical (unpaired) electrons. The summed E-state index contributed by atoms with van der Waals surface area (Å²) in [6.45, 7) is 1.36. The first-order chi connectivity index (χ1) is 15.2. The molecule has 9 heteroatoms. The van der Waals surface area contributed by atoms with Crippen LogP contribution in [0.4, 0.5) is 16.6 Å². The third kappa shape index (κ3) is 4.16. The van der Waals surface area contributed by atoms with Gasteiger partial charge in [0.1, 0.15) is 11.4 Å². The van der Waals surface area contributed by atoms with E-state index in [1.165, 1.54) is 0 Å². The van der Waals surface area contributed by atoms with Gasteiger partial charge in [0.15, 0.2) is 0 Å². The SMILES string of the molecule is O=C1O[C@]2(CC[C@H](CNc3ncc(-c4cnccn4)cn3)CC2)CN1c1ccccn1. The molecule has 0 bridgehead atoms. The maximum absolute atomic E-state index is 12.4. The molecule has 2 aliphatic rings. The van der Waals surface area contributed by atoms with Crippen molar-refractivity contribution in [1.29, 1.82) is 0 Å². The van der Waals surface area contributed by atoms with Crippen molar-refractivity contribution < 1.29 is 9.53 Å². The van der Waals surface area contributed by atoms with Crippen molar-refractivity contribution in [3.05, 3.63) is 55.4 Å². The van der Waals surface area contributed by atoms with Gasteiger partial charge < -0.3 is 10.1 Å². The number of hydrogen-bond donors (Lipinski definition) is 1. The summed E-state index contributed by atoms with van der Waals surface area (Å²) in [4.78, 5) is 35.4. The molecule has 31 heavy (non-hydrogen) atoms. The zero-order valence-corrected chi connectivity index (χ0v) is 17.0. The number of ether oxygens (including phenoxy) is 1. The molecule has 1 aliphatic carbocycles. The molecule has 1 spiro atoms. The van der Waals surface area contributed by atoms with E-state index in [1.54, 1.807) is 42.1 Å². The highest BCUT2D eigenvalue weighted by Gasteiger charge is 2.47. The largest absolute Gasteiger partial charge is 0.441 e. The van der Waals surface area contributed by atoms with E-state index in [-0.39, 0.29) is 6.09 Å². The van der Waals surface area contributed by atoms with Crippen molar-refractivity contribution in [2.24, 2.45) is 5.92 Å². The Labute approximate surface area is 180 Å². The number of nitrogens with zero attached hydrogens (tertiary/aromatic N) is 6. The number of amides is 1. The number of aromatic nitrogens is 5. The van der Waals surface area contributed by atoms with E-state index in [0.29, 0.717) is 24.2 Å². The lowest BCUT2D eigenvalue weighted by atomic mass is 9.78. The number of nitrogens with one attached hydrogen (secondary N) is 1. The van der Waals surface area contributed by atoms with Crippen LogP contribution in [0.1, 0.15) is 25.7 Å². The molecule has 1 aliphatic heterocycles.